The fourth-order valence-corrected chi connectivity index (χ4v) is 3.63. The predicted molar refractivity (Wildman–Crippen MR) is 118 cm³/mol. The molecule has 2 aromatic heterocycles. The van der Waals surface area contributed by atoms with E-state index in [2.05, 4.69) is 10.4 Å². The number of amides is 1. The molecule has 31 heavy (non-hydrogen) atoms. The molecule has 0 saturated heterocycles. The third-order valence-corrected chi connectivity index (χ3v) is 5.10. The van der Waals surface area contributed by atoms with Crippen LogP contribution >= 0.6 is 0 Å². The number of aryl methyl sites for hydroxylation is 1. The summed E-state index contributed by atoms with van der Waals surface area (Å²) in [6.45, 7) is 5.17. The van der Waals surface area contributed by atoms with Gasteiger partial charge < -0.3 is 19.4 Å². The maximum absolute atomic E-state index is 12.9. The van der Waals surface area contributed by atoms with E-state index in [-0.39, 0.29) is 23.7 Å². The number of para-hydroxylation sites is 2. The summed E-state index contributed by atoms with van der Waals surface area (Å²) in [6.07, 6.45) is 0. The quantitative estimate of drug-likeness (QED) is 0.497. The van der Waals surface area contributed by atoms with E-state index in [0.29, 0.717) is 30.2 Å². The summed E-state index contributed by atoms with van der Waals surface area (Å²) < 4.78 is 14.1. The highest BCUT2D eigenvalue weighted by Crippen LogP contribution is 2.28. The summed E-state index contributed by atoms with van der Waals surface area (Å²) in [6, 6.07) is 14.6. The Balaban J connectivity index is 1.62. The number of methoxy groups -OCH3 is 1. The number of nitrogens with zero attached hydrogens (tertiary/aromatic N) is 3. The van der Waals surface area contributed by atoms with Crippen molar-refractivity contribution in [1.29, 1.82) is 0 Å². The van der Waals surface area contributed by atoms with Crippen LogP contribution in [0.5, 0.6) is 11.5 Å². The van der Waals surface area contributed by atoms with Gasteiger partial charge in [-0.15, -0.1) is 0 Å². The minimum absolute atomic E-state index is 0.177. The number of rotatable bonds is 7. The molecular formula is C23H24N4O4. The van der Waals surface area contributed by atoms with E-state index in [4.69, 9.17) is 9.47 Å². The van der Waals surface area contributed by atoms with Crippen LogP contribution in [0.1, 0.15) is 29.9 Å². The molecule has 0 aliphatic rings. The van der Waals surface area contributed by atoms with Crippen LogP contribution in [0, 0.1) is 0 Å². The molecular weight excluding hydrogens is 396 g/mol. The molecule has 0 fully saturated rings. The van der Waals surface area contributed by atoms with Gasteiger partial charge in [0.2, 0.25) is 0 Å². The molecule has 8 heteroatoms. The monoisotopic (exact) mass is 420 g/mol. The minimum Gasteiger partial charge on any atom is -0.493 e. The Bertz CT molecular complexity index is 1320. The Morgan fingerprint density at radius 3 is 2.52 bits per heavy atom. The van der Waals surface area contributed by atoms with Crippen LogP contribution in [0.15, 0.2) is 53.3 Å². The van der Waals surface area contributed by atoms with Gasteiger partial charge in [0, 0.05) is 19.2 Å². The molecule has 8 nitrogen and oxygen atoms in total. The zero-order valence-electron chi connectivity index (χ0n) is 17.7. The fourth-order valence-electron chi connectivity index (χ4n) is 3.63. The first-order chi connectivity index (χ1) is 15.1. The SMILES string of the molecule is CCOc1ccc(CNC(=O)c2cc3c(=O)n(CC)c4ccccc4n3n2)cc1OC. The molecule has 1 amide bonds. The van der Waals surface area contributed by atoms with Gasteiger partial charge in [-0.25, -0.2) is 4.52 Å². The van der Waals surface area contributed by atoms with Gasteiger partial charge in [0.25, 0.3) is 11.5 Å². The lowest BCUT2D eigenvalue weighted by atomic mass is 10.2. The van der Waals surface area contributed by atoms with E-state index in [9.17, 15) is 9.59 Å². The summed E-state index contributed by atoms with van der Waals surface area (Å²) in [5, 5.41) is 7.26. The molecule has 0 saturated carbocycles. The molecule has 1 N–H and O–H groups in total. The molecule has 0 spiro atoms. The van der Waals surface area contributed by atoms with Gasteiger partial charge in [-0.3, -0.25) is 9.59 Å². The van der Waals surface area contributed by atoms with E-state index in [0.717, 1.165) is 16.6 Å². The van der Waals surface area contributed by atoms with Crippen molar-refractivity contribution >= 4 is 22.5 Å². The molecule has 0 atom stereocenters. The maximum Gasteiger partial charge on any atom is 0.277 e. The molecule has 0 aliphatic heterocycles. The number of carbonyl (C=O) groups excluding carboxylic acids is 1. The first kappa shape index (κ1) is 20.5. The number of hydrogen-bond donors (Lipinski definition) is 1. The van der Waals surface area contributed by atoms with Crippen molar-refractivity contribution in [2.75, 3.05) is 13.7 Å². The Morgan fingerprint density at radius 1 is 1.03 bits per heavy atom. The highest BCUT2D eigenvalue weighted by Gasteiger charge is 2.17. The van der Waals surface area contributed by atoms with E-state index in [1.165, 1.54) is 6.07 Å². The van der Waals surface area contributed by atoms with Crippen molar-refractivity contribution in [3.8, 4) is 11.5 Å². The van der Waals surface area contributed by atoms with Crippen LogP contribution < -0.4 is 20.3 Å². The van der Waals surface area contributed by atoms with Gasteiger partial charge in [-0.2, -0.15) is 5.10 Å². The average molecular weight is 420 g/mol. The number of hydrogen-bond acceptors (Lipinski definition) is 5. The lowest BCUT2D eigenvalue weighted by Crippen LogP contribution is -2.23. The zero-order chi connectivity index (χ0) is 22.0. The fraction of sp³-hybridized carbons (Fsp3) is 0.261. The summed E-state index contributed by atoms with van der Waals surface area (Å²) in [4.78, 5) is 25.7. The van der Waals surface area contributed by atoms with Gasteiger partial charge in [0.15, 0.2) is 17.2 Å². The third kappa shape index (κ3) is 3.72. The molecule has 0 bridgehead atoms. The second kappa shape index (κ2) is 8.51. The maximum atomic E-state index is 12.9. The molecule has 160 valence electrons. The Kier molecular flexibility index (Phi) is 5.62. The molecule has 4 aromatic rings. The first-order valence-electron chi connectivity index (χ1n) is 10.2. The third-order valence-electron chi connectivity index (χ3n) is 5.10. The number of fused-ring (bicyclic) bond motifs is 3. The second-order valence-electron chi connectivity index (χ2n) is 6.97. The van der Waals surface area contributed by atoms with Crippen LogP contribution in [0.3, 0.4) is 0 Å². The van der Waals surface area contributed by atoms with Gasteiger partial charge in [0.05, 0.1) is 24.8 Å². The molecule has 2 heterocycles. The predicted octanol–water partition coefficient (Wildman–Crippen LogP) is 3.01. The summed E-state index contributed by atoms with van der Waals surface area (Å²) in [5.74, 6) is 0.899. The van der Waals surface area contributed by atoms with Crippen LogP contribution in [0.4, 0.5) is 0 Å². The average Bonchev–Trinajstić information content (AvgIpc) is 3.25. The van der Waals surface area contributed by atoms with Crippen molar-refractivity contribution in [1.82, 2.24) is 19.5 Å². The zero-order valence-corrected chi connectivity index (χ0v) is 17.7. The standard InChI is InChI=1S/C23H24N4O4/c1-4-26-17-8-6-7-9-18(17)27-19(23(26)29)13-16(25-27)22(28)24-14-15-10-11-20(31-5-2)21(12-15)30-3/h6-13H,4-5,14H2,1-3H3,(H,24,28). The van der Waals surface area contributed by atoms with Crippen molar-refractivity contribution in [3.05, 3.63) is 70.1 Å². The van der Waals surface area contributed by atoms with Crippen LogP contribution in [0.25, 0.3) is 16.6 Å². The topological polar surface area (TPSA) is 86.9 Å². The lowest BCUT2D eigenvalue weighted by molar-refractivity contribution is 0.0945. The second-order valence-corrected chi connectivity index (χ2v) is 6.97. The largest absolute Gasteiger partial charge is 0.493 e. The Labute approximate surface area is 179 Å². The number of benzene rings is 2. The Morgan fingerprint density at radius 2 is 1.81 bits per heavy atom. The van der Waals surface area contributed by atoms with E-state index < -0.39 is 0 Å². The van der Waals surface area contributed by atoms with Crippen molar-refractivity contribution in [3.63, 3.8) is 0 Å². The highest BCUT2D eigenvalue weighted by molar-refractivity contribution is 5.94. The Hall–Kier alpha value is -3.81. The van der Waals surface area contributed by atoms with Gasteiger partial charge in [-0.1, -0.05) is 18.2 Å². The highest BCUT2D eigenvalue weighted by atomic mass is 16.5. The number of aromatic nitrogens is 3. The van der Waals surface area contributed by atoms with Crippen LogP contribution in [-0.4, -0.2) is 33.8 Å². The van der Waals surface area contributed by atoms with Crippen molar-refractivity contribution < 1.29 is 14.3 Å². The van der Waals surface area contributed by atoms with E-state index >= 15 is 0 Å². The lowest BCUT2D eigenvalue weighted by Gasteiger charge is -2.11. The normalized spacial score (nSPS) is 11.1. The van der Waals surface area contributed by atoms with Crippen molar-refractivity contribution in [2.45, 2.75) is 26.9 Å². The summed E-state index contributed by atoms with van der Waals surface area (Å²) in [7, 11) is 1.57. The summed E-state index contributed by atoms with van der Waals surface area (Å²) in [5.41, 5.74) is 2.79. The van der Waals surface area contributed by atoms with Gasteiger partial charge >= 0.3 is 0 Å². The number of carbonyl (C=O) groups is 1. The first-order valence-corrected chi connectivity index (χ1v) is 10.2. The van der Waals surface area contributed by atoms with Crippen molar-refractivity contribution in [2.24, 2.45) is 0 Å². The van der Waals surface area contributed by atoms with Crippen LogP contribution in [0.2, 0.25) is 0 Å². The summed E-state index contributed by atoms with van der Waals surface area (Å²) >= 11 is 0. The van der Waals surface area contributed by atoms with Gasteiger partial charge in [0.1, 0.15) is 5.52 Å². The minimum atomic E-state index is -0.358. The molecule has 4 rings (SSSR count). The van der Waals surface area contributed by atoms with E-state index in [1.54, 1.807) is 16.2 Å². The molecule has 0 aliphatic carbocycles. The van der Waals surface area contributed by atoms with Gasteiger partial charge in [-0.05, 0) is 43.7 Å². The molecule has 2 aromatic carbocycles. The smallest absolute Gasteiger partial charge is 0.277 e. The van der Waals surface area contributed by atoms with E-state index in [1.807, 2.05) is 56.3 Å². The molecule has 0 radical (unpaired) electrons. The molecule has 0 unspecified atom stereocenters. The number of nitrogens with one attached hydrogen (secondary N) is 1. The van der Waals surface area contributed by atoms with Crippen LogP contribution in [-0.2, 0) is 13.1 Å². The number of ether oxygens (including phenoxy) is 2.